The Morgan fingerprint density at radius 2 is 1.81 bits per heavy atom. The third-order valence-electron chi connectivity index (χ3n) is 5.79. The summed E-state index contributed by atoms with van der Waals surface area (Å²) in [5.41, 5.74) is -0.126. The molecule has 0 aromatic heterocycles. The number of carboxylic acid groups (broad SMARTS) is 1. The van der Waals surface area contributed by atoms with Crippen molar-refractivity contribution < 1.29 is 19.5 Å². The van der Waals surface area contributed by atoms with Crippen LogP contribution in [0.1, 0.15) is 38.2 Å². The third kappa shape index (κ3) is 3.74. The van der Waals surface area contributed by atoms with Crippen molar-refractivity contribution in [1.82, 2.24) is 10.2 Å². The molecule has 1 saturated carbocycles. The number of benzene rings is 1. The summed E-state index contributed by atoms with van der Waals surface area (Å²) < 4.78 is 0. The largest absolute Gasteiger partial charge is 0.481 e. The minimum absolute atomic E-state index is 0.0267. The van der Waals surface area contributed by atoms with E-state index in [4.69, 9.17) is 0 Å². The van der Waals surface area contributed by atoms with E-state index in [1.54, 1.807) is 4.90 Å². The van der Waals surface area contributed by atoms with E-state index in [-0.39, 0.29) is 24.2 Å². The van der Waals surface area contributed by atoms with Crippen LogP contribution in [0.3, 0.4) is 0 Å². The number of hydrogen-bond donors (Lipinski definition) is 2. The van der Waals surface area contributed by atoms with Crippen LogP contribution in [0.4, 0.5) is 0 Å². The Balaban J connectivity index is 1.51. The predicted octanol–water partition coefficient (Wildman–Crippen LogP) is 1.79. The fourth-order valence-corrected chi connectivity index (χ4v) is 3.79. The van der Waals surface area contributed by atoms with Crippen LogP contribution in [-0.4, -0.2) is 47.4 Å². The Morgan fingerprint density at radius 3 is 2.35 bits per heavy atom. The van der Waals surface area contributed by atoms with Crippen molar-refractivity contribution in [3.8, 4) is 0 Å². The maximum Gasteiger partial charge on any atom is 0.314 e. The molecule has 1 aromatic rings. The fraction of sp³-hybridized carbons (Fsp3) is 0.550. The molecular formula is C20H26N2O4. The van der Waals surface area contributed by atoms with Gasteiger partial charge in [-0.15, -0.1) is 0 Å². The predicted molar refractivity (Wildman–Crippen MR) is 96.5 cm³/mol. The summed E-state index contributed by atoms with van der Waals surface area (Å²) in [6.45, 7) is 3.24. The zero-order valence-corrected chi connectivity index (χ0v) is 15.1. The number of piperidine rings is 1. The van der Waals surface area contributed by atoms with Gasteiger partial charge in [-0.1, -0.05) is 37.3 Å². The summed E-state index contributed by atoms with van der Waals surface area (Å²) in [7, 11) is 0. The molecule has 1 aromatic carbocycles. The number of carboxylic acids is 1. The second-order valence-corrected chi connectivity index (χ2v) is 7.49. The summed E-state index contributed by atoms with van der Waals surface area (Å²) in [5, 5.41) is 12.6. The highest BCUT2D eigenvalue weighted by atomic mass is 16.4. The molecule has 2 fully saturated rings. The number of amides is 2. The lowest BCUT2D eigenvalue weighted by molar-refractivity contribution is -0.148. The van der Waals surface area contributed by atoms with Gasteiger partial charge in [0.25, 0.3) is 0 Å². The van der Waals surface area contributed by atoms with Gasteiger partial charge in [0.2, 0.25) is 11.8 Å². The van der Waals surface area contributed by atoms with Gasteiger partial charge in [-0.05, 0) is 30.7 Å². The van der Waals surface area contributed by atoms with Gasteiger partial charge >= 0.3 is 5.97 Å². The summed E-state index contributed by atoms with van der Waals surface area (Å²) in [5.74, 6) is -0.252. The first-order valence-electron chi connectivity index (χ1n) is 9.28. The normalized spacial score (nSPS) is 24.0. The van der Waals surface area contributed by atoms with Crippen molar-refractivity contribution in [2.75, 3.05) is 19.6 Å². The van der Waals surface area contributed by atoms with Crippen molar-refractivity contribution in [3.63, 3.8) is 0 Å². The molecule has 1 aliphatic carbocycles. The summed E-state index contributed by atoms with van der Waals surface area (Å²) in [6.07, 6.45) is 2.01. The molecule has 140 valence electrons. The Bertz CT molecular complexity index is 680. The molecule has 2 N–H and O–H groups in total. The van der Waals surface area contributed by atoms with Crippen LogP contribution < -0.4 is 5.32 Å². The highest BCUT2D eigenvalue weighted by Gasteiger charge is 2.43. The number of carbonyl (C=O) groups excluding carboxylic acids is 2. The lowest BCUT2D eigenvalue weighted by atomic mass is 9.73. The van der Waals surface area contributed by atoms with Gasteiger partial charge in [0.15, 0.2) is 0 Å². The fourth-order valence-electron chi connectivity index (χ4n) is 3.79. The summed E-state index contributed by atoms with van der Waals surface area (Å²) >= 11 is 0. The van der Waals surface area contributed by atoms with Gasteiger partial charge in [-0.2, -0.15) is 0 Å². The van der Waals surface area contributed by atoms with Crippen LogP contribution >= 0.6 is 0 Å². The monoisotopic (exact) mass is 358 g/mol. The minimum Gasteiger partial charge on any atom is -0.481 e. The van der Waals surface area contributed by atoms with Crippen molar-refractivity contribution in [1.29, 1.82) is 0 Å². The van der Waals surface area contributed by atoms with Crippen molar-refractivity contribution in [2.45, 2.75) is 38.0 Å². The molecular weight excluding hydrogens is 332 g/mol. The summed E-state index contributed by atoms with van der Waals surface area (Å²) in [4.78, 5) is 37.8. The molecule has 1 heterocycles. The number of carbonyl (C=O) groups is 3. The van der Waals surface area contributed by atoms with Crippen LogP contribution in [0.25, 0.3) is 0 Å². The molecule has 1 aliphatic heterocycles. The standard InChI is InChI=1S/C20H26N2O4/c1-14-13-16(14)18(24)21-10-7-17(23)22-11-8-20(9-12-22,19(25)26)15-5-3-2-4-6-15/h2-6,14,16H,7-13H2,1H3,(H,21,24)(H,25,26)/t14-,16-/m0/s1. The minimum atomic E-state index is -0.922. The SMILES string of the molecule is C[C@H]1C[C@@H]1C(=O)NCCC(=O)N1CCC(C(=O)O)(c2ccccc2)CC1. The molecule has 2 amide bonds. The lowest BCUT2D eigenvalue weighted by Crippen LogP contribution is -2.49. The second-order valence-electron chi connectivity index (χ2n) is 7.49. The molecule has 6 nitrogen and oxygen atoms in total. The van der Waals surface area contributed by atoms with Gasteiger partial charge in [-0.25, -0.2) is 0 Å². The molecule has 0 spiro atoms. The number of hydrogen-bond acceptors (Lipinski definition) is 3. The highest BCUT2D eigenvalue weighted by Crippen LogP contribution is 2.38. The Hall–Kier alpha value is -2.37. The number of aliphatic carboxylic acids is 1. The van der Waals surface area contributed by atoms with Gasteiger partial charge in [0, 0.05) is 32.0 Å². The average Bonchev–Trinajstić information content (AvgIpc) is 3.39. The quantitative estimate of drug-likeness (QED) is 0.812. The first-order chi connectivity index (χ1) is 12.4. The molecule has 0 unspecified atom stereocenters. The number of nitrogens with zero attached hydrogens (tertiary/aromatic N) is 1. The molecule has 26 heavy (non-hydrogen) atoms. The first-order valence-corrected chi connectivity index (χ1v) is 9.28. The zero-order valence-electron chi connectivity index (χ0n) is 15.1. The van der Waals surface area contributed by atoms with Gasteiger partial charge in [-0.3, -0.25) is 14.4 Å². The molecule has 2 aliphatic rings. The van der Waals surface area contributed by atoms with E-state index in [2.05, 4.69) is 5.32 Å². The molecule has 0 radical (unpaired) electrons. The number of likely N-dealkylation sites (tertiary alicyclic amines) is 1. The Morgan fingerprint density at radius 1 is 1.19 bits per heavy atom. The van der Waals surface area contributed by atoms with E-state index in [0.717, 1.165) is 12.0 Å². The molecule has 6 heteroatoms. The average molecular weight is 358 g/mol. The van der Waals surface area contributed by atoms with Crippen LogP contribution in [0.15, 0.2) is 30.3 Å². The maximum atomic E-state index is 12.4. The van der Waals surface area contributed by atoms with E-state index in [1.165, 1.54) is 0 Å². The van der Waals surface area contributed by atoms with E-state index < -0.39 is 11.4 Å². The van der Waals surface area contributed by atoms with E-state index >= 15 is 0 Å². The van der Waals surface area contributed by atoms with E-state index in [1.807, 2.05) is 37.3 Å². The van der Waals surface area contributed by atoms with Gasteiger partial charge in [0.05, 0.1) is 5.41 Å². The maximum absolute atomic E-state index is 12.4. The molecule has 1 saturated heterocycles. The lowest BCUT2D eigenvalue weighted by Gasteiger charge is -2.39. The van der Waals surface area contributed by atoms with E-state index in [9.17, 15) is 19.5 Å². The molecule has 3 rings (SSSR count). The summed E-state index contributed by atoms with van der Waals surface area (Å²) in [6, 6.07) is 9.26. The second kappa shape index (κ2) is 7.48. The van der Waals surface area contributed by atoms with Crippen LogP contribution in [0, 0.1) is 11.8 Å². The van der Waals surface area contributed by atoms with Crippen molar-refractivity contribution >= 4 is 17.8 Å². The first kappa shape index (κ1) is 18.4. The number of rotatable bonds is 6. The Labute approximate surface area is 153 Å². The smallest absolute Gasteiger partial charge is 0.314 e. The van der Waals surface area contributed by atoms with Crippen LogP contribution in [0.2, 0.25) is 0 Å². The van der Waals surface area contributed by atoms with Crippen LogP contribution in [0.5, 0.6) is 0 Å². The van der Waals surface area contributed by atoms with E-state index in [0.29, 0.717) is 38.4 Å². The third-order valence-corrected chi connectivity index (χ3v) is 5.79. The van der Waals surface area contributed by atoms with Gasteiger partial charge < -0.3 is 15.3 Å². The topological polar surface area (TPSA) is 86.7 Å². The van der Waals surface area contributed by atoms with Crippen molar-refractivity contribution in [3.05, 3.63) is 35.9 Å². The molecule has 2 atom stereocenters. The zero-order chi connectivity index (χ0) is 18.7. The number of nitrogens with one attached hydrogen (secondary N) is 1. The van der Waals surface area contributed by atoms with Gasteiger partial charge in [0.1, 0.15) is 0 Å². The highest BCUT2D eigenvalue weighted by molar-refractivity contribution is 5.84. The Kier molecular flexibility index (Phi) is 5.30. The molecule has 0 bridgehead atoms. The van der Waals surface area contributed by atoms with Crippen LogP contribution in [-0.2, 0) is 19.8 Å². The van der Waals surface area contributed by atoms with Crippen molar-refractivity contribution in [2.24, 2.45) is 11.8 Å².